The van der Waals surface area contributed by atoms with Crippen molar-refractivity contribution in [3.8, 4) is 11.3 Å². The Morgan fingerprint density at radius 1 is 1.17 bits per heavy atom. The molecular weight excluding hydrogens is 233 g/mol. The van der Waals surface area contributed by atoms with Crippen molar-refractivity contribution in [2.45, 2.75) is 0 Å². The Kier molecular flexibility index (Phi) is 2.26. The molecule has 0 aliphatic rings. The molecular formula is C9H7NSSe. The van der Waals surface area contributed by atoms with Crippen molar-refractivity contribution in [2.24, 2.45) is 0 Å². The van der Waals surface area contributed by atoms with Gasteiger partial charge in [0.1, 0.15) is 0 Å². The molecule has 0 saturated heterocycles. The van der Waals surface area contributed by atoms with E-state index in [0.717, 1.165) is 3.51 Å². The predicted molar refractivity (Wildman–Crippen MR) is 54.0 cm³/mol. The summed E-state index contributed by atoms with van der Waals surface area (Å²) in [6.45, 7) is 0. The fraction of sp³-hybridized carbons (Fsp3) is 0. The van der Waals surface area contributed by atoms with Crippen LogP contribution in [0.25, 0.3) is 11.3 Å². The Labute approximate surface area is 81.8 Å². The molecule has 1 heterocycles. The minimum absolute atomic E-state index is 0.362. The van der Waals surface area contributed by atoms with E-state index in [1.807, 2.05) is 18.2 Å². The van der Waals surface area contributed by atoms with Crippen molar-refractivity contribution in [1.29, 1.82) is 0 Å². The van der Waals surface area contributed by atoms with Crippen LogP contribution in [-0.2, 0) is 0 Å². The number of aromatic nitrogens is 1. The Bertz CT molecular complexity index is 415. The summed E-state index contributed by atoms with van der Waals surface area (Å²) in [7, 11) is 0. The molecule has 0 aliphatic heterocycles. The second kappa shape index (κ2) is 3.40. The Morgan fingerprint density at radius 3 is 2.50 bits per heavy atom. The summed E-state index contributed by atoms with van der Waals surface area (Å²) < 4.78 is 0.973. The van der Waals surface area contributed by atoms with E-state index in [1.54, 1.807) is 0 Å². The molecule has 0 amide bonds. The molecule has 1 aromatic carbocycles. The van der Waals surface area contributed by atoms with Crippen LogP contribution < -0.4 is 0 Å². The van der Waals surface area contributed by atoms with Gasteiger partial charge in [0.05, 0.1) is 0 Å². The average Bonchev–Trinajstić information content (AvgIpc) is 2.54. The number of H-pyrrole nitrogens is 1. The minimum atomic E-state index is 0.362. The Balaban J connectivity index is 2.51. The van der Waals surface area contributed by atoms with Gasteiger partial charge in [0.15, 0.2) is 0 Å². The van der Waals surface area contributed by atoms with Crippen LogP contribution in [0.15, 0.2) is 35.3 Å². The van der Waals surface area contributed by atoms with Gasteiger partial charge in [-0.15, -0.1) is 0 Å². The summed E-state index contributed by atoms with van der Waals surface area (Å²) in [6, 6.07) is 10.3. The monoisotopic (exact) mass is 241 g/mol. The predicted octanol–water partition coefficient (Wildman–Crippen LogP) is 2.47. The van der Waals surface area contributed by atoms with Crippen LogP contribution >= 0.6 is 12.2 Å². The SMILES string of the molecule is S=c1[nH]c(-c2ccccc2)c[se]1. The quantitative estimate of drug-likeness (QED) is 0.598. The molecule has 1 N–H and O–H groups in total. The molecule has 60 valence electrons. The number of nitrogens with one attached hydrogen (secondary N) is 1. The molecule has 0 unspecified atom stereocenters. The molecule has 0 atom stereocenters. The third kappa shape index (κ3) is 1.58. The first kappa shape index (κ1) is 7.99. The molecule has 1 aromatic heterocycles. The summed E-state index contributed by atoms with van der Waals surface area (Å²) in [5.41, 5.74) is 2.39. The van der Waals surface area contributed by atoms with Crippen LogP contribution in [0.4, 0.5) is 0 Å². The van der Waals surface area contributed by atoms with Crippen LogP contribution in [0.1, 0.15) is 0 Å². The topological polar surface area (TPSA) is 15.8 Å². The maximum atomic E-state index is 5.06. The zero-order chi connectivity index (χ0) is 8.39. The summed E-state index contributed by atoms with van der Waals surface area (Å²) in [5.74, 6) is 0. The van der Waals surface area contributed by atoms with Crippen molar-refractivity contribution >= 4 is 26.7 Å². The third-order valence-corrected chi connectivity index (χ3v) is 3.61. The number of benzene rings is 1. The number of rotatable bonds is 1. The molecule has 1 nitrogen and oxygen atoms in total. The zero-order valence-corrected chi connectivity index (χ0v) is 8.81. The zero-order valence-electron chi connectivity index (χ0n) is 6.28. The maximum absolute atomic E-state index is 5.06. The standard InChI is InChI=1S/C9H7NSSe/c11-9-10-8(6-12-9)7-4-2-1-3-5-7/h1-6H,(H,10,11). The van der Waals surface area contributed by atoms with Gasteiger partial charge in [0.2, 0.25) is 0 Å². The van der Waals surface area contributed by atoms with Crippen molar-refractivity contribution in [3.63, 3.8) is 0 Å². The van der Waals surface area contributed by atoms with E-state index in [2.05, 4.69) is 22.1 Å². The molecule has 3 heteroatoms. The van der Waals surface area contributed by atoms with Crippen molar-refractivity contribution in [1.82, 2.24) is 4.98 Å². The molecule has 2 aromatic rings. The molecule has 0 bridgehead atoms. The van der Waals surface area contributed by atoms with Gasteiger partial charge < -0.3 is 0 Å². The first-order valence-corrected chi connectivity index (χ1v) is 5.85. The molecule has 0 aliphatic carbocycles. The fourth-order valence-corrected chi connectivity index (χ4v) is 2.63. The summed E-state index contributed by atoms with van der Waals surface area (Å²) in [4.78, 5) is 5.38. The van der Waals surface area contributed by atoms with Gasteiger partial charge in [0.25, 0.3) is 0 Å². The summed E-state index contributed by atoms with van der Waals surface area (Å²) in [6.07, 6.45) is 0. The van der Waals surface area contributed by atoms with Crippen molar-refractivity contribution in [2.75, 3.05) is 0 Å². The van der Waals surface area contributed by atoms with Crippen LogP contribution in [0.2, 0.25) is 0 Å². The summed E-state index contributed by atoms with van der Waals surface area (Å²) >= 11 is 5.42. The van der Waals surface area contributed by atoms with Gasteiger partial charge >= 0.3 is 81.7 Å². The second-order valence-corrected chi connectivity index (χ2v) is 5.26. The number of hydrogen-bond donors (Lipinski definition) is 1. The van der Waals surface area contributed by atoms with E-state index in [4.69, 9.17) is 12.2 Å². The average molecular weight is 240 g/mol. The first-order chi connectivity index (χ1) is 5.86. The van der Waals surface area contributed by atoms with Crippen molar-refractivity contribution in [3.05, 3.63) is 38.8 Å². The van der Waals surface area contributed by atoms with E-state index in [1.165, 1.54) is 11.3 Å². The molecule has 12 heavy (non-hydrogen) atoms. The number of aromatic amines is 1. The molecule has 0 spiro atoms. The van der Waals surface area contributed by atoms with Crippen LogP contribution in [0.3, 0.4) is 0 Å². The van der Waals surface area contributed by atoms with Crippen LogP contribution in [0.5, 0.6) is 0 Å². The first-order valence-electron chi connectivity index (χ1n) is 3.59. The van der Waals surface area contributed by atoms with Gasteiger partial charge in [-0.25, -0.2) is 0 Å². The number of hydrogen-bond acceptors (Lipinski definition) is 1. The van der Waals surface area contributed by atoms with E-state index >= 15 is 0 Å². The fourth-order valence-electron chi connectivity index (χ4n) is 1.04. The molecule has 0 saturated carbocycles. The molecule has 0 radical (unpaired) electrons. The van der Waals surface area contributed by atoms with E-state index in [-0.39, 0.29) is 0 Å². The Morgan fingerprint density at radius 2 is 1.92 bits per heavy atom. The van der Waals surface area contributed by atoms with E-state index < -0.39 is 0 Å². The third-order valence-electron chi connectivity index (χ3n) is 1.61. The van der Waals surface area contributed by atoms with Crippen LogP contribution in [0, 0.1) is 3.51 Å². The van der Waals surface area contributed by atoms with E-state index in [0.29, 0.717) is 14.5 Å². The van der Waals surface area contributed by atoms with E-state index in [9.17, 15) is 0 Å². The molecule has 2 rings (SSSR count). The summed E-state index contributed by atoms with van der Waals surface area (Å²) in [5, 5.41) is 0. The van der Waals surface area contributed by atoms with Gasteiger partial charge in [-0.3, -0.25) is 0 Å². The Hall–Kier alpha value is -0.631. The van der Waals surface area contributed by atoms with Crippen molar-refractivity contribution < 1.29 is 0 Å². The van der Waals surface area contributed by atoms with Crippen LogP contribution in [-0.4, -0.2) is 19.5 Å². The van der Waals surface area contributed by atoms with Gasteiger partial charge in [0, 0.05) is 0 Å². The van der Waals surface area contributed by atoms with Gasteiger partial charge in [-0.2, -0.15) is 0 Å². The van der Waals surface area contributed by atoms with Gasteiger partial charge in [-0.05, 0) is 0 Å². The van der Waals surface area contributed by atoms with Gasteiger partial charge in [-0.1, -0.05) is 0 Å². The normalized spacial score (nSPS) is 10.0. The second-order valence-electron chi connectivity index (χ2n) is 2.43. The molecule has 0 fully saturated rings.